The van der Waals surface area contributed by atoms with Gasteiger partial charge in [0, 0.05) is 17.1 Å². The van der Waals surface area contributed by atoms with E-state index in [2.05, 4.69) is 0 Å². The third kappa shape index (κ3) is 8.85. The van der Waals surface area contributed by atoms with Gasteiger partial charge in [0.25, 0.3) is 0 Å². The molecule has 0 fully saturated rings. The Morgan fingerprint density at radius 3 is 1.00 bits per heavy atom. The molecule has 0 spiro atoms. The van der Waals surface area contributed by atoms with Gasteiger partial charge in [0.2, 0.25) is 0 Å². The standard InChI is InChI=1S/CH4.Ba.Mn.H4Si.2H/h1H4;;;1H4;;. The van der Waals surface area contributed by atoms with Crippen molar-refractivity contribution in [1.82, 2.24) is 0 Å². The molecule has 0 aliphatic heterocycles. The average molecular weight is 242 g/mol. The Balaban J connectivity index is 0. The van der Waals surface area contributed by atoms with Crippen molar-refractivity contribution in [2.24, 2.45) is 0 Å². The zero-order valence-electron chi connectivity index (χ0n) is 0.378. The van der Waals surface area contributed by atoms with Crippen molar-refractivity contribution >= 4 is 59.8 Å². The van der Waals surface area contributed by atoms with Crippen LogP contribution in [0.2, 0.25) is 0 Å². The van der Waals surface area contributed by atoms with Gasteiger partial charge in [-0.1, -0.05) is 7.43 Å². The van der Waals surface area contributed by atoms with Crippen LogP contribution in [0, 0.1) is 0 Å². The molecule has 0 aliphatic rings. The number of hydrogen-bond donors (Lipinski definition) is 0. The van der Waals surface area contributed by atoms with Crippen molar-refractivity contribution in [3.05, 3.63) is 0 Å². The first kappa shape index (κ1) is 33.4. The summed E-state index contributed by atoms with van der Waals surface area (Å²) in [4.78, 5) is 0. The first-order valence-corrected chi connectivity index (χ1v) is 0. The van der Waals surface area contributed by atoms with E-state index in [0.717, 1.165) is 0 Å². The second-order valence-electron chi connectivity index (χ2n) is 0. The van der Waals surface area contributed by atoms with Gasteiger partial charge in [0.1, 0.15) is 0 Å². The van der Waals surface area contributed by atoms with Crippen molar-refractivity contribution < 1.29 is 17.1 Å². The maximum atomic E-state index is 0. The Morgan fingerprint density at radius 2 is 1.00 bits per heavy atom. The molecule has 0 nitrogen and oxygen atoms in total. The topological polar surface area (TPSA) is 0 Å². The normalized spacial score (nSPS) is 0. The van der Waals surface area contributed by atoms with Gasteiger partial charge >= 0.3 is 48.9 Å². The monoisotopic (exact) mass is 243 g/mol. The summed E-state index contributed by atoms with van der Waals surface area (Å²) in [5, 5.41) is 0. The van der Waals surface area contributed by atoms with Crippen LogP contribution in [-0.2, 0) is 17.1 Å². The van der Waals surface area contributed by atoms with Gasteiger partial charge in [-0.25, -0.2) is 0 Å². The van der Waals surface area contributed by atoms with Crippen LogP contribution < -0.4 is 0 Å². The minimum Gasteiger partial charge on any atom is -0.0149 e. The average Bonchev–Trinajstić information content (AvgIpc) is 0. The van der Waals surface area contributed by atoms with Crippen LogP contribution in [0.5, 0.6) is 0 Å². The van der Waals surface area contributed by atoms with Gasteiger partial charge in [-0.2, -0.15) is 0 Å². The van der Waals surface area contributed by atoms with Crippen LogP contribution in [0.4, 0.5) is 0 Å². The van der Waals surface area contributed by atoms with Gasteiger partial charge in [-0.05, 0) is 11.0 Å². The molecular weight excluding hydrogens is 232 g/mol. The summed E-state index contributed by atoms with van der Waals surface area (Å²) in [5.74, 6) is 0. The second-order valence-corrected chi connectivity index (χ2v) is 0. The molecule has 27 valence electrons. The molecule has 0 unspecified atom stereocenters. The van der Waals surface area contributed by atoms with Gasteiger partial charge in [-0.3, -0.25) is 0 Å². The van der Waals surface area contributed by atoms with Gasteiger partial charge in [0.15, 0.2) is 0 Å². The van der Waals surface area contributed by atoms with E-state index >= 15 is 0 Å². The van der Waals surface area contributed by atoms with Crippen LogP contribution in [0.3, 0.4) is 0 Å². The molecule has 0 aromatic carbocycles. The van der Waals surface area contributed by atoms with Gasteiger partial charge < -0.3 is 0 Å². The van der Waals surface area contributed by atoms with E-state index in [4.69, 9.17) is 0 Å². The number of hydrogen-bond acceptors (Lipinski definition) is 0. The summed E-state index contributed by atoms with van der Waals surface area (Å²) in [5.41, 5.74) is 0. The molecule has 0 aromatic heterocycles. The summed E-state index contributed by atoms with van der Waals surface area (Å²) >= 11 is 0. The van der Waals surface area contributed by atoms with Crippen LogP contribution in [0.25, 0.3) is 0 Å². The predicted molar refractivity (Wildman–Crippen MR) is 26.6 cm³/mol. The summed E-state index contributed by atoms with van der Waals surface area (Å²) in [6.45, 7) is 0. The van der Waals surface area contributed by atoms with Crippen molar-refractivity contribution in [2.45, 2.75) is 7.43 Å². The summed E-state index contributed by atoms with van der Waals surface area (Å²) in [6, 6.07) is 0. The van der Waals surface area contributed by atoms with Crippen molar-refractivity contribution in [2.75, 3.05) is 0 Å². The van der Waals surface area contributed by atoms with Crippen LogP contribution in [0.1, 0.15) is 7.43 Å². The number of rotatable bonds is 0. The van der Waals surface area contributed by atoms with Gasteiger partial charge in [-0.15, -0.1) is 0 Å². The maximum Gasteiger partial charge on any atom is 0 e. The predicted octanol–water partition coefficient (Wildman–Crippen LogP) is -1.73. The van der Waals surface area contributed by atoms with Crippen molar-refractivity contribution in [1.29, 1.82) is 0 Å². The van der Waals surface area contributed by atoms with E-state index in [-0.39, 0.29) is 84.3 Å². The first-order valence-electron chi connectivity index (χ1n) is 0. The second kappa shape index (κ2) is 18.5. The molecule has 0 saturated carbocycles. The molecular formula is CH10BaMnSi. The van der Waals surface area contributed by atoms with Gasteiger partial charge in [0.05, 0.1) is 0 Å². The molecule has 0 heterocycles. The molecule has 0 N–H and O–H groups in total. The van der Waals surface area contributed by atoms with E-state index < -0.39 is 0 Å². The van der Waals surface area contributed by atoms with Crippen molar-refractivity contribution in [3.63, 3.8) is 0 Å². The first-order chi connectivity index (χ1) is 0. The Morgan fingerprint density at radius 1 is 1.00 bits per heavy atom. The third-order valence-corrected chi connectivity index (χ3v) is 0. The van der Waals surface area contributed by atoms with E-state index in [1.165, 1.54) is 0 Å². The minimum absolute atomic E-state index is 0. The van der Waals surface area contributed by atoms with Crippen LogP contribution >= 0.6 is 0 Å². The largest absolute Gasteiger partial charge is 0.0149 e. The van der Waals surface area contributed by atoms with Crippen LogP contribution in [-0.4, -0.2) is 59.8 Å². The van der Waals surface area contributed by atoms with E-state index in [1.807, 2.05) is 0 Å². The Labute approximate surface area is 82.7 Å². The molecule has 0 aliphatic carbocycles. The van der Waals surface area contributed by atoms with E-state index in [0.29, 0.717) is 0 Å². The molecule has 0 bridgehead atoms. The molecule has 0 aromatic rings. The van der Waals surface area contributed by atoms with E-state index in [1.54, 1.807) is 0 Å². The smallest absolute Gasteiger partial charge is 0 e. The van der Waals surface area contributed by atoms with Crippen molar-refractivity contribution in [3.8, 4) is 0 Å². The fourth-order valence-electron chi connectivity index (χ4n) is 0. The molecule has 3 heteroatoms. The molecule has 0 rings (SSSR count). The molecule has 0 amide bonds. The third-order valence-electron chi connectivity index (χ3n) is 0. The molecule has 0 atom stereocenters. The summed E-state index contributed by atoms with van der Waals surface area (Å²) in [6.07, 6.45) is 0. The molecule has 1 radical (unpaired) electrons. The Kier molecular flexibility index (Phi) is 154. The fraction of sp³-hybridized carbons (Fsp3) is 1.00. The zero-order valence-corrected chi connectivity index (χ0v) is 1.56. The van der Waals surface area contributed by atoms with Crippen LogP contribution in [0.15, 0.2) is 0 Å². The van der Waals surface area contributed by atoms with E-state index in [9.17, 15) is 0 Å². The SMILES string of the molecule is C.[BaH2].[Mn].[SiH4]. The Hall–Kier alpha value is 2.31. The quantitative estimate of drug-likeness (QED) is 0.443. The molecule has 0 saturated heterocycles. The zero-order chi connectivity index (χ0) is 0. The summed E-state index contributed by atoms with van der Waals surface area (Å²) < 4.78 is 0. The molecule has 4 heavy (non-hydrogen) atoms. The maximum absolute atomic E-state index is 0. The summed E-state index contributed by atoms with van der Waals surface area (Å²) in [7, 11) is 0. The fourth-order valence-corrected chi connectivity index (χ4v) is 0. The Bertz CT molecular complexity index is 8.00. The minimum atomic E-state index is 0.